The Balaban J connectivity index is 2.66. The zero-order chi connectivity index (χ0) is 9.68. The van der Waals surface area contributed by atoms with Gasteiger partial charge in [0.15, 0.2) is 0 Å². The van der Waals surface area contributed by atoms with E-state index in [-0.39, 0.29) is 6.23 Å². The number of benzene rings is 1. The minimum absolute atomic E-state index is 0.00658. The van der Waals surface area contributed by atoms with Crippen LogP contribution in [-0.4, -0.2) is 20.4 Å². The van der Waals surface area contributed by atoms with Crippen molar-refractivity contribution in [2.75, 3.05) is 14.2 Å². The third-order valence-corrected chi connectivity index (χ3v) is 1.76. The van der Waals surface area contributed by atoms with Crippen molar-refractivity contribution in [1.82, 2.24) is 5.32 Å². The second-order valence-electron chi connectivity index (χ2n) is 2.73. The predicted molar refractivity (Wildman–Crippen MR) is 52.1 cm³/mol. The molecule has 72 valence electrons. The fraction of sp³-hybridized carbons (Fsp3) is 0.400. The highest BCUT2D eigenvalue weighted by molar-refractivity contribution is 5.32. The molecule has 0 saturated carbocycles. The molecule has 1 rings (SSSR count). The Bertz CT molecular complexity index is 263. The van der Waals surface area contributed by atoms with E-state index in [9.17, 15) is 0 Å². The normalized spacial score (nSPS) is 12.2. The standard InChI is InChI=1S/C10H15NO2/c1-8(11-2)13-10-6-4-5-9(7-10)12-3/h4-8,11H,1-3H3. The van der Waals surface area contributed by atoms with Crippen LogP contribution in [0.2, 0.25) is 0 Å². The van der Waals surface area contributed by atoms with Gasteiger partial charge >= 0.3 is 0 Å². The topological polar surface area (TPSA) is 30.5 Å². The number of ether oxygens (including phenoxy) is 2. The molecule has 1 unspecified atom stereocenters. The molecule has 0 spiro atoms. The Morgan fingerprint density at radius 1 is 1.31 bits per heavy atom. The van der Waals surface area contributed by atoms with E-state index in [1.807, 2.05) is 38.2 Å². The number of nitrogens with one attached hydrogen (secondary N) is 1. The highest BCUT2D eigenvalue weighted by Gasteiger charge is 2.00. The monoisotopic (exact) mass is 181 g/mol. The summed E-state index contributed by atoms with van der Waals surface area (Å²) in [4.78, 5) is 0. The Morgan fingerprint density at radius 2 is 2.00 bits per heavy atom. The largest absolute Gasteiger partial charge is 0.497 e. The van der Waals surface area contributed by atoms with E-state index < -0.39 is 0 Å². The van der Waals surface area contributed by atoms with Crippen LogP contribution in [0.5, 0.6) is 11.5 Å². The van der Waals surface area contributed by atoms with Crippen LogP contribution in [0.1, 0.15) is 6.92 Å². The van der Waals surface area contributed by atoms with E-state index in [0.29, 0.717) is 0 Å². The van der Waals surface area contributed by atoms with E-state index in [1.165, 1.54) is 0 Å². The van der Waals surface area contributed by atoms with Crippen LogP contribution in [0.25, 0.3) is 0 Å². The van der Waals surface area contributed by atoms with Gasteiger partial charge in [0.05, 0.1) is 7.11 Å². The van der Waals surface area contributed by atoms with Crippen LogP contribution in [0.4, 0.5) is 0 Å². The maximum Gasteiger partial charge on any atom is 0.147 e. The molecule has 0 bridgehead atoms. The van der Waals surface area contributed by atoms with E-state index in [0.717, 1.165) is 11.5 Å². The Labute approximate surface area is 78.7 Å². The Morgan fingerprint density at radius 3 is 2.62 bits per heavy atom. The summed E-state index contributed by atoms with van der Waals surface area (Å²) in [6, 6.07) is 7.54. The van der Waals surface area contributed by atoms with Gasteiger partial charge in [0.25, 0.3) is 0 Å². The molecular weight excluding hydrogens is 166 g/mol. The maximum atomic E-state index is 5.51. The smallest absolute Gasteiger partial charge is 0.147 e. The number of hydrogen-bond acceptors (Lipinski definition) is 3. The van der Waals surface area contributed by atoms with Crippen molar-refractivity contribution < 1.29 is 9.47 Å². The second kappa shape index (κ2) is 4.72. The van der Waals surface area contributed by atoms with Crippen molar-refractivity contribution in [2.24, 2.45) is 0 Å². The second-order valence-corrected chi connectivity index (χ2v) is 2.73. The van der Waals surface area contributed by atoms with Crippen LogP contribution >= 0.6 is 0 Å². The van der Waals surface area contributed by atoms with Gasteiger partial charge in [-0.3, -0.25) is 5.32 Å². The van der Waals surface area contributed by atoms with Gasteiger partial charge in [-0.15, -0.1) is 0 Å². The summed E-state index contributed by atoms with van der Waals surface area (Å²) in [6.45, 7) is 1.94. The van der Waals surface area contributed by atoms with Gasteiger partial charge in [-0.2, -0.15) is 0 Å². The summed E-state index contributed by atoms with van der Waals surface area (Å²) in [5.74, 6) is 1.61. The first kappa shape index (κ1) is 9.86. The molecule has 3 heteroatoms. The number of hydrogen-bond donors (Lipinski definition) is 1. The summed E-state index contributed by atoms with van der Waals surface area (Å²) < 4.78 is 10.6. The van der Waals surface area contributed by atoms with Gasteiger partial charge in [0.2, 0.25) is 0 Å². The minimum Gasteiger partial charge on any atom is -0.497 e. The van der Waals surface area contributed by atoms with Crippen molar-refractivity contribution in [3.63, 3.8) is 0 Å². The molecule has 1 atom stereocenters. The lowest BCUT2D eigenvalue weighted by atomic mass is 10.3. The van der Waals surface area contributed by atoms with Crippen LogP contribution in [0.3, 0.4) is 0 Å². The van der Waals surface area contributed by atoms with E-state index >= 15 is 0 Å². The highest BCUT2D eigenvalue weighted by atomic mass is 16.5. The summed E-state index contributed by atoms with van der Waals surface area (Å²) in [5, 5.41) is 2.99. The molecule has 0 heterocycles. The maximum absolute atomic E-state index is 5.51. The van der Waals surface area contributed by atoms with Gasteiger partial charge in [-0.05, 0) is 26.1 Å². The molecule has 0 saturated heterocycles. The highest BCUT2D eigenvalue weighted by Crippen LogP contribution is 2.19. The molecule has 0 aliphatic heterocycles. The van der Waals surface area contributed by atoms with Gasteiger partial charge in [0, 0.05) is 6.07 Å². The summed E-state index contributed by atoms with van der Waals surface area (Å²) in [7, 11) is 3.49. The molecule has 0 aromatic heterocycles. The average Bonchev–Trinajstić information content (AvgIpc) is 2.18. The van der Waals surface area contributed by atoms with Crippen LogP contribution < -0.4 is 14.8 Å². The lowest BCUT2D eigenvalue weighted by Gasteiger charge is -2.13. The first-order valence-corrected chi connectivity index (χ1v) is 4.24. The molecule has 0 amide bonds. The lowest BCUT2D eigenvalue weighted by Crippen LogP contribution is -2.27. The van der Waals surface area contributed by atoms with Gasteiger partial charge in [-0.25, -0.2) is 0 Å². The van der Waals surface area contributed by atoms with Crippen molar-refractivity contribution in [1.29, 1.82) is 0 Å². The molecule has 1 N–H and O–H groups in total. The zero-order valence-electron chi connectivity index (χ0n) is 8.20. The molecule has 0 aliphatic carbocycles. The fourth-order valence-corrected chi connectivity index (χ4v) is 0.938. The quantitative estimate of drug-likeness (QED) is 0.716. The SMILES string of the molecule is CNC(C)Oc1cccc(OC)c1. The third kappa shape index (κ3) is 2.95. The van der Waals surface area contributed by atoms with E-state index in [4.69, 9.17) is 9.47 Å². The summed E-state index contributed by atoms with van der Waals surface area (Å²) in [6.07, 6.45) is 0.00658. The molecule has 3 nitrogen and oxygen atoms in total. The van der Waals surface area contributed by atoms with Crippen LogP contribution in [0.15, 0.2) is 24.3 Å². The van der Waals surface area contributed by atoms with Crippen molar-refractivity contribution in [3.8, 4) is 11.5 Å². The molecule has 0 radical (unpaired) electrons. The third-order valence-electron chi connectivity index (χ3n) is 1.76. The summed E-state index contributed by atoms with van der Waals surface area (Å²) in [5.41, 5.74) is 0. The average molecular weight is 181 g/mol. The fourth-order valence-electron chi connectivity index (χ4n) is 0.938. The minimum atomic E-state index is 0.00658. The lowest BCUT2D eigenvalue weighted by molar-refractivity contribution is 0.193. The van der Waals surface area contributed by atoms with Crippen LogP contribution in [-0.2, 0) is 0 Å². The molecule has 0 aliphatic rings. The zero-order valence-corrected chi connectivity index (χ0v) is 8.20. The Kier molecular flexibility index (Phi) is 3.58. The first-order chi connectivity index (χ1) is 6.26. The summed E-state index contributed by atoms with van der Waals surface area (Å²) >= 11 is 0. The van der Waals surface area contributed by atoms with E-state index in [2.05, 4.69) is 5.32 Å². The molecule has 13 heavy (non-hydrogen) atoms. The Hall–Kier alpha value is -1.22. The first-order valence-electron chi connectivity index (χ1n) is 4.24. The van der Waals surface area contributed by atoms with Gasteiger partial charge < -0.3 is 9.47 Å². The van der Waals surface area contributed by atoms with Gasteiger partial charge in [-0.1, -0.05) is 6.07 Å². The molecular formula is C10H15NO2. The van der Waals surface area contributed by atoms with Crippen molar-refractivity contribution >= 4 is 0 Å². The molecule has 1 aromatic rings. The van der Waals surface area contributed by atoms with Crippen molar-refractivity contribution in [3.05, 3.63) is 24.3 Å². The molecule has 1 aromatic carbocycles. The van der Waals surface area contributed by atoms with Gasteiger partial charge in [0.1, 0.15) is 17.7 Å². The number of methoxy groups -OCH3 is 1. The van der Waals surface area contributed by atoms with E-state index in [1.54, 1.807) is 7.11 Å². The van der Waals surface area contributed by atoms with Crippen LogP contribution in [0, 0.1) is 0 Å². The number of rotatable bonds is 4. The van der Waals surface area contributed by atoms with Crippen molar-refractivity contribution in [2.45, 2.75) is 13.2 Å². The molecule has 0 fully saturated rings. The predicted octanol–water partition coefficient (Wildman–Crippen LogP) is 1.64.